The predicted octanol–water partition coefficient (Wildman–Crippen LogP) is 2.89. The van der Waals surface area contributed by atoms with E-state index in [-0.39, 0.29) is 11.6 Å². The van der Waals surface area contributed by atoms with Crippen LogP contribution in [0.4, 0.5) is 0 Å². The first-order chi connectivity index (χ1) is 9.60. The molecule has 2 rings (SSSR count). The van der Waals surface area contributed by atoms with E-state index in [1.807, 2.05) is 6.07 Å². The highest BCUT2D eigenvalue weighted by Crippen LogP contribution is 2.34. The molecule has 4 nitrogen and oxygen atoms in total. The van der Waals surface area contributed by atoms with E-state index in [1.54, 1.807) is 19.2 Å². The largest absolute Gasteiger partial charge is 0.465 e. The van der Waals surface area contributed by atoms with Crippen molar-refractivity contribution in [1.82, 2.24) is 5.32 Å². The molecule has 0 amide bonds. The van der Waals surface area contributed by atoms with Gasteiger partial charge in [0.05, 0.1) is 18.3 Å². The third-order valence-corrected chi connectivity index (χ3v) is 4.67. The number of carbonyl (C=O) groups is 1. The molecule has 110 valence electrons. The van der Waals surface area contributed by atoms with Crippen molar-refractivity contribution in [3.05, 3.63) is 33.8 Å². The van der Waals surface area contributed by atoms with Crippen LogP contribution in [0.2, 0.25) is 0 Å². The minimum atomic E-state index is -0.321. The maximum Gasteiger partial charge on any atom is 0.337 e. The Morgan fingerprint density at radius 2 is 2.15 bits per heavy atom. The van der Waals surface area contributed by atoms with Crippen molar-refractivity contribution in [2.75, 3.05) is 20.8 Å². The molecule has 0 heterocycles. The Balaban J connectivity index is 1.91. The number of nitrogens with one attached hydrogen (secondary N) is 1. The minimum Gasteiger partial charge on any atom is -0.465 e. The topological polar surface area (TPSA) is 47.6 Å². The van der Waals surface area contributed by atoms with Gasteiger partial charge in [0.25, 0.3) is 0 Å². The fraction of sp³-hybridized carbons (Fsp3) is 0.533. The van der Waals surface area contributed by atoms with Crippen LogP contribution in [-0.4, -0.2) is 32.3 Å². The van der Waals surface area contributed by atoms with E-state index in [0.29, 0.717) is 5.56 Å². The molecule has 1 fully saturated rings. The number of ether oxygens (including phenoxy) is 2. The van der Waals surface area contributed by atoms with Gasteiger partial charge in [-0.2, -0.15) is 0 Å². The Kier molecular flexibility index (Phi) is 5.18. The van der Waals surface area contributed by atoms with E-state index in [9.17, 15) is 4.79 Å². The molecule has 0 unspecified atom stereocenters. The van der Waals surface area contributed by atoms with Gasteiger partial charge in [0.2, 0.25) is 0 Å². The van der Waals surface area contributed by atoms with Crippen molar-refractivity contribution in [3.8, 4) is 0 Å². The van der Waals surface area contributed by atoms with Gasteiger partial charge in [0.1, 0.15) is 0 Å². The number of benzene rings is 1. The number of hydrogen-bond acceptors (Lipinski definition) is 4. The summed E-state index contributed by atoms with van der Waals surface area (Å²) in [5.74, 6) is -0.321. The summed E-state index contributed by atoms with van der Waals surface area (Å²) in [6.45, 7) is 1.60. The lowest BCUT2D eigenvalue weighted by Gasteiger charge is -2.40. The van der Waals surface area contributed by atoms with Crippen molar-refractivity contribution < 1.29 is 14.3 Å². The summed E-state index contributed by atoms with van der Waals surface area (Å²) in [6, 6.07) is 5.50. The number of methoxy groups -OCH3 is 2. The molecule has 1 aliphatic rings. The Bertz CT molecular complexity index is 480. The zero-order chi connectivity index (χ0) is 14.6. The van der Waals surface area contributed by atoms with Gasteiger partial charge in [0.15, 0.2) is 0 Å². The van der Waals surface area contributed by atoms with Gasteiger partial charge in [-0.3, -0.25) is 0 Å². The lowest BCUT2D eigenvalue weighted by Crippen LogP contribution is -2.47. The first-order valence-electron chi connectivity index (χ1n) is 6.73. The van der Waals surface area contributed by atoms with Crippen LogP contribution in [0.3, 0.4) is 0 Å². The molecule has 5 heteroatoms. The van der Waals surface area contributed by atoms with Crippen molar-refractivity contribution in [2.24, 2.45) is 0 Å². The summed E-state index contributed by atoms with van der Waals surface area (Å²) < 4.78 is 11.2. The first-order valence-corrected chi connectivity index (χ1v) is 7.52. The van der Waals surface area contributed by atoms with Gasteiger partial charge in [-0.15, -0.1) is 0 Å². The molecule has 1 aliphatic carbocycles. The highest BCUT2D eigenvalue weighted by atomic mass is 79.9. The SMILES string of the molecule is COC(=O)c1ccc(CNCC2(OC)CCC2)c(Br)c1. The lowest BCUT2D eigenvalue weighted by atomic mass is 9.80. The first kappa shape index (κ1) is 15.5. The fourth-order valence-corrected chi connectivity index (χ4v) is 2.90. The van der Waals surface area contributed by atoms with Crippen molar-refractivity contribution in [2.45, 2.75) is 31.4 Å². The van der Waals surface area contributed by atoms with Crippen LogP contribution in [0.1, 0.15) is 35.2 Å². The second-order valence-electron chi connectivity index (χ2n) is 5.14. The molecule has 0 radical (unpaired) electrons. The van der Waals surface area contributed by atoms with Gasteiger partial charge in [0, 0.05) is 24.7 Å². The smallest absolute Gasteiger partial charge is 0.337 e. The van der Waals surface area contributed by atoms with Crippen LogP contribution in [0.15, 0.2) is 22.7 Å². The second kappa shape index (κ2) is 6.70. The van der Waals surface area contributed by atoms with Crippen LogP contribution in [0.25, 0.3) is 0 Å². The maximum absolute atomic E-state index is 11.4. The molecule has 0 aliphatic heterocycles. The van der Waals surface area contributed by atoms with Gasteiger partial charge >= 0.3 is 5.97 Å². The Hall–Kier alpha value is -0.910. The van der Waals surface area contributed by atoms with Gasteiger partial charge in [-0.25, -0.2) is 4.79 Å². The molecule has 0 saturated heterocycles. The standard InChI is InChI=1S/C15H20BrNO3/c1-19-14(18)11-4-5-12(13(16)8-11)9-17-10-15(20-2)6-3-7-15/h4-5,8,17H,3,6-7,9-10H2,1-2H3. The average Bonchev–Trinajstić information content (AvgIpc) is 2.42. The molecule has 0 aromatic heterocycles. The summed E-state index contributed by atoms with van der Waals surface area (Å²) in [5.41, 5.74) is 1.69. The van der Waals surface area contributed by atoms with E-state index in [1.165, 1.54) is 13.5 Å². The predicted molar refractivity (Wildman–Crippen MR) is 80.8 cm³/mol. The summed E-state index contributed by atoms with van der Waals surface area (Å²) in [5, 5.41) is 3.43. The van der Waals surface area contributed by atoms with Crippen molar-refractivity contribution in [1.29, 1.82) is 0 Å². The molecule has 1 saturated carbocycles. The molecule has 0 spiro atoms. The van der Waals surface area contributed by atoms with Crippen LogP contribution in [-0.2, 0) is 16.0 Å². The molecule has 1 N–H and O–H groups in total. The van der Waals surface area contributed by atoms with Crippen LogP contribution in [0, 0.1) is 0 Å². The lowest BCUT2D eigenvalue weighted by molar-refractivity contribution is -0.0695. The summed E-state index contributed by atoms with van der Waals surface area (Å²) in [7, 11) is 3.16. The summed E-state index contributed by atoms with van der Waals surface area (Å²) >= 11 is 3.49. The maximum atomic E-state index is 11.4. The number of rotatable bonds is 6. The molecule has 0 atom stereocenters. The van der Waals surface area contributed by atoms with E-state index in [2.05, 4.69) is 21.2 Å². The monoisotopic (exact) mass is 341 g/mol. The number of halogens is 1. The zero-order valence-corrected chi connectivity index (χ0v) is 13.5. The Morgan fingerprint density at radius 1 is 1.40 bits per heavy atom. The molecule has 1 aromatic rings. The van der Waals surface area contributed by atoms with Crippen LogP contribution in [0.5, 0.6) is 0 Å². The summed E-state index contributed by atoms with van der Waals surface area (Å²) in [4.78, 5) is 11.4. The average molecular weight is 342 g/mol. The summed E-state index contributed by atoms with van der Waals surface area (Å²) in [6.07, 6.45) is 3.49. The highest BCUT2D eigenvalue weighted by molar-refractivity contribution is 9.10. The van der Waals surface area contributed by atoms with E-state index < -0.39 is 0 Å². The quantitative estimate of drug-likeness (QED) is 0.808. The molecular formula is C15H20BrNO3. The minimum absolute atomic E-state index is 0.0262. The molecule has 20 heavy (non-hydrogen) atoms. The van der Waals surface area contributed by atoms with Crippen LogP contribution < -0.4 is 5.32 Å². The Morgan fingerprint density at radius 3 is 2.65 bits per heavy atom. The third kappa shape index (κ3) is 3.40. The highest BCUT2D eigenvalue weighted by Gasteiger charge is 2.36. The van der Waals surface area contributed by atoms with Gasteiger partial charge in [-0.05, 0) is 37.0 Å². The second-order valence-corrected chi connectivity index (χ2v) is 6.00. The third-order valence-electron chi connectivity index (χ3n) is 3.93. The number of esters is 1. The normalized spacial score (nSPS) is 16.6. The van der Waals surface area contributed by atoms with E-state index >= 15 is 0 Å². The van der Waals surface area contributed by atoms with E-state index in [4.69, 9.17) is 9.47 Å². The zero-order valence-electron chi connectivity index (χ0n) is 11.9. The van der Waals surface area contributed by atoms with E-state index in [0.717, 1.165) is 36.0 Å². The van der Waals surface area contributed by atoms with Crippen molar-refractivity contribution in [3.63, 3.8) is 0 Å². The molecule has 0 bridgehead atoms. The number of hydrogen-bond donors (Lipinski definition) is 1. The Labute approximate surface area is 128 Å². The van der Waals surface area contributed by atoms with Crippen LogP contribution >= 0.6 is 15.9 Å². The van der Waals surface area contributed by atoms with Crippen molar-refractivity contribution >= 4 is 21.9 Å². The molecule has 1 aromatic carbocycles. The van der Waals surface area contributed by atoms with Gasteiger partial charge in [-0.1, -0.05) is 22.0 Å². The van der Waals surface area contributed by atoms with Gasteiger partial charge < -0.3 is 14.8 Å². The number of carbonyl (C=O) groups excluding carboxylic acids is 1. The molecular weight excluding hydrogens is 322 g/mol. The fourth-order valence-electron chi connectivity index (χ4n) is 2.38.